The highest BCUT2D eigenvalue weighted by atomic mass is 16.3. The quantitative estimate of drug-likeness (QED) is 0.670. The van der Waals surface area contributed by atoms with Crippen molar-refractivity contribution in [2.45, 2.75) is 71.1 Å². The van der Waals surface area contributed by atoms with E-state index in [1.807, 2.05) is 6.92 Å². The van der Waals surface area contributed by atoms with Gasteiger partial charge in [0, 0.05) is 18.1 Å². The number of hydrogen-bond donors (Lipinski definition) is 3. The molecule has 3 unspecified atom stereocenters. The van der Waals surface area contributed by atoms with Gasteiger partial charge in [-0.1, -0.05) is 20.3 Å². The van der Waals surface area contributed by atoms with Gasteiger partial charge in [-0.2, -0.15) is 0 Å². The molecule has 0 saturated heterocycles. The highest BCUT2D eigenvalue weighted by Gasteiger charge is 2.48. The van der Waals surface area contributed by atoms with Crippen molar-refractivity contribution in [3.05, 3.63) is 0 Å². The minimum absolute atomic E-state index is 0.0569. The third kappa shape index (κ3) is 2.76. The van der Waals surface area contributed by atoms with E-state index in [2.05, 4.69) is 26.1 Å². The number of aliphatic hydroxyl groups is 1. The fourth-order valence-corrected chi connectivity index (χ4v) is 3.16. The molecule has 0 aromatic rings. The fourth-order valence-electron chi connectivity index (χ4n) is 3.16. The van der Waals surface area contributed by atoms with Gasteiger partial charge >= 0.3 is 0 Å². The van der Waals surface area contributed by atoms with Crippen LogP contribution in [0.5, 0.6) is 0 Å². The van der Waals surface area contributed by atoms with Gasteiger partial charge in [0.2, 0.25) is 0 Å². The molecule has 0 aromatic carbocycles. The van der Waals surface area contributed by atoms with Crippen LogP contribution in [0, 0.1) is 5.41 Å². The third-order valence-corrected chi connectivity index (χ3v) is 4.27. The zero-order valence-electron chi connectivity index (χ0n) is 11.2. The molecule has 0 aliphatic heterocycles. The van der Waals surface area contributed by atoms with Crippen LogP contribution in [0.15, 0.2) is 0 Å². The second-order valence-corrected chi connectivity index (χ2v) is 6.15. The Kier molecular flexibility index (Phi) is 4.38. The summed E-state index contributed by atoms with van der Waals surface area (Å²) in [5, 5.41) is 13.1. The molecule has 0 spiro atoms. The molecule has 1 rings (SSSR count). The number of hydrogen-bond acceptors (Lipinski definition) is 3. The molecule has 3 atom stereocenters. The normalized spacial score (nSPS) is 32.6. The van der Waals surface area contributed by atoms with Crippen molar-refractivity contribution in [3.63, 3.8) is 0 Å². The fraction of sp³-hybridized carbons (Fsp3) is 1.00. The van der Waals surface area contributed by atoms with Crippen molar-refractivity contribution in [3.8, 4) is 0 Å². The lowest BCUT2D eigenvalue weighted by atomic mass is 9.74. The molecule has 1 fully saturated rings. The molecule has 4 N–H and O–H groups in total. The molecule has 0 aromatic heterocycles. The van der Waals surface area contributed by atoms with E-state index in [9.17, 15) is 5.11 Å². The second kappa shape index (κ2) is 5.03. The average molecular weight is 228 g/mol. The molecule has 16 heavy (non-hydrogen) atoms. The molecule has 96 valence electrons. The minimum Gasteiger partial charge on any atom is -0.393 e. The summed E-state index contributed by atoms with van der Waals surface area (Å²) in [6.45, 7) is 9.26. The Hall–Kier alpha value is -0.120. The molecule has 1 saturated carbocycles. The van der Waals surface area contributed by atoms with Gasteiger partial charge in [-0.25, -0.2) is 0 Å². The van der Waals surface area contributed by atoms with E-state index in [-0.39, 0.29) is 17.1 Å². The summed E-state index contributed by atoms with van der Waals surface area (Å²) < 4.78 is 0. The Labute approximate surface area is 99.8 Å². The van der Waals surface area contributed by atoms with Gasteiger partial charge in [-0.15, -0.1) is 0 Å². The third-order valence-electron chi connectivity index (χ3n) is 4.27. The lowest BCUT2D eigenvalue weighted by Crippen LogP contribution is -2.60. The predicted octanol–water partition coefficient (Wildman–Crippen LogP) is 1.64. The smallest absolute Gasteiger partial charge is 0.0526 e. The summed E-state index contributed by atoms with van der Waals surface area (Å²) in [6, 6.07) is 0.320. The predicted molar refractivity (Wildman–Crippen MR) is 68.3 cm³/mol. The summed E-state index contributed by atoms with van der Waals surface area (Å²) in [4.78, 5) is 0. The Balaban J connectivity index is 2.67. The molecule has 3 heteroatoms. The summed E-state index contributed by atoms with van der Waals surface area (Å²) >= 11 is 0. The first-order valence-electron chi connectivity index (χ1n) is 6.49. The largest absolute Gasteiger partial charge is 0.393 e. The topological polar surface area (TPSA) is 58.3 Å². The van der Waals surface area contributed by atoms with Crippen LogP contribution in [-0.4, -0.2) is 29.3 Å². The van der Waals surface area contributed by atoms with E-state index in [0.29, 0.717) is 12.6 Å². The van der Waals surface area contributed by atoms with Gasteiger partial charge in [0.25, 0.3) is 0 Å². The van der Waals surface area contributed by atoms with Crippen molar-refractivity contribution in [1.82, 2.24) is 5.32 Å². The molecule has 1 aliphatic rings. The average Bonchev–Trinajstić information content (AvgIpc) is 2.41. The van der Waals surface area contributed by atoms with Crippen LogP contribution in [0.25, 0.3) is 0 Å². The molecular weight excluding hydrogens is 200 g/mol. The zero-order valence-corrected chi connectivity index (χ0v) is 11.2. The zero-order chi connectivity index (χ0) is 12.4. The Morgan fingerprint density at radius 1 is 1.31 bits per heavy atom. The molecular formula is C13H28N2O. The van der Waals surface area contributed by atoms with Gasteiger partial charge < -0.3 is 16.2 Å². The molecule has 0 heterocycles. The lowest BCUT2D eigenvalue weighted by molar-refractivity contribution is 0.120. The molecule has 0 amide bonds. The Morgan fingerprint density at radius 2 is 1.94 bits per heavy atom. The first-order valence-corrected chi connectivity index (χ1v) is 6.49. The van der Waals surface area contributed by atoms with Crippen LogP contribution in [0.4, 0.5) is 0 Å². The first-order chi connectivity index (χ1) is 7.33. The van der Waals surface area contributed by atoms with Gasteiger partial charge in [0.05, 0.1) is 6.10 Å². The van der Waals surface area contributed by atoms with Crippen LogP contribution < -0.4 is 11.1 Å². The van der Waals surface area contributed by atoms with Gasteiger partial charge in [0.1, 0.15) is 0 Å². The van der Waals surface area contributed by atoms with Gasteiger partial charge in [-0.3, -0.25) is 0 Å². The summed E-state index contributed by atoms with van der Waals surface area (Å²) in [5.41, 5.74) is 6.31. The lowest BCUT2D eigenvalue weighted by Gasteiger charge is -2.44. The van der Waals surface area contributed by atoms with Crippen molar-refractivity contribution < 1.29 is 5.11 Å². The number of aliphatic hydroxyl groups excluding tert-OH is 1. The summed E-state index contributed by atoms with van der Waals surface area (Å²) in [6.07, 6.45) is 4.18. The maximum absolute atomic E-state index is 9.41. The first kappa shape index (κ1) is 13.9. The van der Waals surface area contributed by atoms with E-state index in [1.54, 1.807) is 0 Å². The van der Waals surface area contributed by atoms with Crippen LogP contribution in [0.1, 0.15) is 53.4 Å². The van der Waals surface area contributed by atoms with E-state index in [4.69, 9.17) is 5.73 Å². The SMILES string of the molecule is CC(O)CC(C)NC1(CN)CCCC1(C)C. The van der Waals surface area contributed by atoms with E-state index < -0.39 is 0 Å². The Bertz CT molecular complexity index is 228. The van der Waals surface area contributed by atoms with Crippen molar-refractivity contribution in [2.24, 2.45) is 11.1 Å². The monoisotopic (exact) mass is 228 g/mol. The van der Waals surface area contributed by atoms with E-state index in [1.165, 1.54) is 12.8 Å². The molecule has 3 nitrogen and oxygen atoms in total. The van der Waals surface area contributed by atoms with Crippen LogP contribution >= 0.6 is 0 Å². The maximum Gasteiger partial charge on any atom is 0.0526 e. The highest BCUT2D eigenvalue weighted by molar-refractivity contribution is 5.06. The Morgan fingerprint density at radius 3 is 2.31 bits per heavy atom. The standard InChI is InChI=1S/C13H28N2O/c1-10(8-11(2)16)15-13(9-14)7-5-6-12(13,3)4/h10-11,15-16H,5-9,14H2,1-4H3. The van der Waals surface area contributed by atoms with Gasteiger partial charge in [0.15, 0.2) is 0 Å². The van der Waals surface area contributed by atoms with E-state index >= 15 is 0 Å². The number of rotatable bonds is 5. The van der Waals surface area contributed by atoms with Crippen molar-refractivity contribution in [1.29, 1.82) is 0 Å². The summed E-state index contributed by atoms with van der Waals surface area (Å²) in [7, 11) is 0. The highest BCUT2D eigenvalue weighted by Crippen LogP contribution is 2.45. The van der Waals surface area contributed by atoms with Crippen molar-refractivity contribution >= 4 is 0 Å². The van der Waals surface area contributed by atoms with Crippen LogP contribution in [0.2, 0.25) is 0 Å². The second-order valence-electron chi connectivity index (χ2n) is 6.15. The number of nitrogens with two attached hydrogens (primary N) is 1. The van der Waals surface area contributed by atoms with Gasteiger partial charge in [-0.05, 0) is 38.5 Å². The minimum atomic E-state index is -0.248. The van der Waals surface area contributed by atoms with E-state index in [0.717, 1.165) is 12.8 Å². The van der Waals surface area contributed by atoms with Crippen molar-refractivity contribution in [2.75, 3.05) is 6.54 Å². The number of nitrogens with one attached hydrogen (secondary N) is 1. The van der Waals surface area contributed by atoms with Crippen LogP contribution in [0.3, 0.4) is 0 Å². The molecule has 0 radical (unpaired) electrons. The maximum atomic E-state index is 9.41. The summed E-state index contributed by atoms with van der Waals surface area (Å²) in [5.74, 6) is 0. The molecule has 1 aliphatic carbocycles. The molecule has 0 bridgehead atoms. The van der Waals surface area contributed by atoms with Crippen LogP contribution in [-0.2, 0) is 0 Å².